The standard InChI is InChI=1S/C17H18ClN3O2/c18-11-7-5-10(6-8-11)17-21-20-14(23-17)9-19-16(22)15-12-3-1-2-4-13(12)15/h5-8,12-13,15H,1-4,9H2,(H,19,22). The fourth-order valence-corrected chi connectivity index (χ4v) is 3.82. The first kappa shape index (κ1) is 14.7. The highest BCUT2D eigenvalue weighted by Gasteiger charge is 2.54. The molecule has 1 aromatic heterocycles. The van der Waals surface area contributed by atoms with Crippen LogP contribution in [0.1, 0.15) is 31.6 Å². The summed E-state index contributed by atoms with van der Waals surface area (Å²) in [7, 11) is 0. The minimum Gasteiger partial charge on any atom is -0.419 e. The number of benzene rings is 1. The molecule has 2 atom stereocenters. The smallest absolute Gasteiger partial charge is 0.247 e. The fraction of sp³-hybridized carbons (Fsp3) is 0.471. The van der Waals surface area contributed by atoms with Gasteiger partial charge < -0.3 is 9.73 Å². The lowest BCUT2D eigenvalue weighted by atomic mass is 10.0. The quantitative estimate of drug-likeness (QED) is 0.931. The maximum absolute atomic E-state index is 12.2. The monoisotopic (exact) mass is 331 g/mol. The van der Waals surface area contributed by atoms with Crippen LogP contribution < -0.4 is 5.32 Å². The van der Waals surface area contributed by atoms with Gasteiger partial charge in [0.15, 0.2) is 0 Å². The lowest BCUT2D eigenvalue weighted by Gasteiger charge is -2.04. The second kappa shape index (κ2) is 5.96. The highest BCUT2D eigenvalue weighted by Crippen LogP contribution is 2.55. The van der Waals surface area contributed by atoms with E-state index in [4.69, 9.17) is 16.0 Å². The third kappa shape index (κ3) is 2.98. The molecule has 2 unspecified atom stereocenters. The van der Waals surface area contributed by atoms with Gasteiger partial charge in [0, 0.05) is 16.5 Å². The number of fused-ring (bicyclic) bond motifs is 1. The van der Waals surface area contributed by atoms with Gasteiger partial charge in [-0.3, -0.25) is 4.79 Å². The minimum atomic E-state index is 0.133. The van der Waals surface area contributed by atoms with E-state index in [2.05, 4.69) is 15.5 Å². The first-order valence-corrected chi connectivity index (χ1v) is 8.46. The van der Waals surface area contributed by atoms with E-state index in [1.54, 1.807) is 12.1 Å². The summed E-state index contributed by atoms with van der Waals surface area (Å²) in [4.78, 5) is 12.2. The zero-order valence-electron chi connectivity index (χ0n) is 12.7. The number of halogens is 1. The number of carbonyl (C=O) groups excluding carboxylic acids is 1. The Balaban J connectivity index is 1.35. The number of amides is 1. The van der Waals surface area contributed by atoms with Gasteiger partial charge in [-0.05, 0) is 48.9 Å². The molecule has 0 aliphatic heterocycles. The molecule has 4 rings (SSSR count). The van der Waals surface area contributed by atoms with Crippen molar-refractivity contribution in [2.75, 3.05) is 0 Å². The van der Waals surface area contributed by atoms with Crippen LogP contribution in [0.2, 0.25) is 5.02 Å². The Labute approximate surface area is 139 Å². The van der Waals surface area contributed by atoms with Gasteiger partial charge in [0.05, 0.1) is 6.54 Å². The number of carbonyl (C=O) groups is 1. The van der Waals surface area contributed by atoms with E-state index in [0.717, 1.165) is 5.56 Å². The predicted octanol–water partition coefficient (Wildman–Crippen LogP) is 3.44. The Morgan fingerprint density at radius 2 is 1.87 bits per heavy atom. The molecular formula is C17H18ClN3O2. The SMILES string of the molecule is O=C(NCc1nnc(-c2ccc(Cl)cc2)o1)C1C2CCCCC21. The summed E-state index contributed by atoms with van der Waals surface area (Å²) in [6, 6.07) is 7.20. The highest BCUT2D eigenvalue weighted by molar-refractivity contribution is 6.30. The largest absolute Gasteiger partial charge is 0.419 e. The number of hydrogen-bond acceptors (Lipinski definition) is 4. The number of hydrogen-bond donors (Lipinski definition) is 1. The number of aromatic nitrogens is 2. The van der Waals surface area contributed by atoms with Crippen LogP contribution in [-0.2, 0) is 11.3 Å². The Hall–Kier alpha value is -1.88. The van der Waals surface area contributed by atoms with Crippen molar-refractivity contribution in [1.29, 1.82) is 0 Å². The zero-order chi connectivity index (χ0) is 15.8. The van der Waals surface area contributed by atoms with E-state index in [9.17, 15) is 4.79 Å². The van der Waals surface area contributed by atoms with Crippen molar-refractivity contribution in [3.05, 3.63) is 35.2 Å². The van der Waals surface area contributed by atoms with Crippen molar-refractivity contribution in [2.24, 2.45) is 17.8 Å². The highest BCUT2D eigenvalue weighted by atomic mass is 35.5. The van der Waals surface area contributed by atoms with Gasteiger partial charge in [-0.25, -0.2) is 0 Å². The molecule has 1 heterocycles. The van der Waals surface area contributed by atoms with Crippen LogP contribution in [0.3, 0.4) is 0 Å². The van der Waals surface area contributed by atoms with Gasteiger partial charge in [-0.2, -0.15) is 0 Å². The van der Waals surface area contributed by atoms with E-state index in [0.29, 0.717) is 28.6 Å². The molecular weight excluding hydrogens is 314 g/mol. The van der Waals surface area contributed by atoms with Crippen molar-refractivity contribution >= 4 is 17.5 Å². The summed E-state index contributed by atoms with van der Waals surface area (Å²) in [5.74, 6) is 2.41. The summed E-state index contributed by atoms with van der Waals surface area (Å²) in [5.41, 5.74) is 0.813. The Morgan fingerprint density at radius 3 is 2.57 bits per heavy atom. The van der Waals surface area contributed by atoms with Crippen molar-refractivity contribution in [1.82, 2.24) is 15.5 Å². The Morgan fingerprint density at radius 1 is 1.17 bits per heavy atom. The minimum absolute atomic E-state index is 0.133. The lowest BCUT2D eigenvalue weighted by Crippen LogP contribution is -2.25. The molecule has 1 N–H and O–H groups in total. The number of nitrogens with one attached hydrogen (secondary N) is 1. The van der Waals surface area contributed by atoms with Crippen molar-refractivity contribution < 1.29 is 9.21 Å². The van der Waals surface area contributed by atoms with Crippen LogP contribution >= 0.6 is 11.6 Å². The summed E-state index contributed by atoms with van der Waals surface area (Å²) < 4.78 is 5.60. The molecule has 2 aliphatic carbocycles. The third-order valence-electron chi connectivity index (χ3n) is 4.93. The van der Waals surface area contributed by atoms with Gasteiger partial charge in [-0.1, -0.05) is 24.4 Å². The third-order valence-corrected chi connectivity index (χ3v) is 5.18. The van der Waals surface area contributed by atoms with Gasteiger partial charge in [-0.15, -0.1) is 10.2 Å². The molecule has 2 fully saturated rings. The molecule has 0 radical (unpaired) electrons. The first-order valence-electron chi connectivity index (χ1n) is 8.08. The van der Waals surface area contributed by atoms with E-state index in [1.165, 1.54) is 25.7 Å². The van der Waals surface area contributed by atoms with E-state index in [-0.39, 0.29) is 18.4 Å². The Bertz CT molecular complexity index is 701. The van der Waals surface area contributed by atoms with E-state index in [1.807, 2.05) is 12.1 Å². The van der Waals surface area contributed by atoms with Gasteiger partial charge in [0.2, 0.25) is 17.7 Å². The summed E-state index contributed by atoms with van der Waals surface area (Å²) in [6.45, 7) is 0.287. The van der Waals surface area contributed by atoms with Crippen LogP contribution in [-0.4, -0.2) is 16.1 Å². The predicted molar refractivity (Wildman–Crippen MR) is 85.5 cm³/mol. The average molecular weight is 332 g/mol. The van der Waals surface area contributed by atoms with E-state index >= 15 is 0 Å². The van der Waals surface area contributed by atoms with Crippen LogP contribution in [0.15, 0.2) is 28.7 Å². The molecule has 0 bridgehead atoms. The number of nitrogens with zero attached hydrogens (tertiary/aromatic N) is 2. The second-order valence-electron chi connectivity index (χ2n) is 6.36. The molecule has 1 aromatic carbocycles. The van der Waals surface area contributed by atoms with E-state index < -0.39 is 0 Å². The molecule has 1 amide bonds. The molecule has 120 valence electrons. The number of rotatable bonds is 4. The molecule has 2 aromatic rings. The summed E-state index contributed by atoms with van der Waals surface area (Å²) in [6.07, 6.45) is 4.92. The maximum atomic E-state index is 12.2. The van der Waals surface area contributed by atoms with Gasteiger partial charge >= 0.3 is 0 Å². The normalized spacial score (nSPS) is 25.7. The second-order valence-corrected chi connectivity index (χ2v) is 6.80. The van der Waals surface area contributed by atoms with Crippen LogP contribution in [0.5, 0.6) is 0 Å². The average Bonchev–Trinajstić information content (AvgIpc) is 3.12. The van der Waals surface area contributed by atoms with Crippen molar-refractivity contribution in [3.63, 3.8) is 0 Å². The first-order chi connectivity index (χ1) is 11.2. The van der Waals surface area contributed by atoms with Gasteiger partial charge in [0.25, 0.3) is 0 Å². The molecule has 5 nitrogen and oxygen atoms in total. The van der Waals surface area contributed by atoms with Crippen LogP contribution in [0.25, 0.3) is 11.5 Å². The molecule has 0 saturated heterocycles. The molecule has 6 heteroatoms. The van der Waals surface area contributed by atoms with Crippen molar-refractivity contribution in [2.45, 2.75) is 32.2 Å². The molecule has 2 aliphatic rings. The molecule has 0 spiro atoms. The Kier molecular flexibility index (Phi) is 3.81. The summed E-state index contributed by atoms with van der Waals surface area (Å²) in [5, 5.41) is 11.6. The maximum Gasteiger partial charge on any atom is 0.247 e. The lowest BCUT2D eigenvalue weighted by molar-refractivity contribution is -0.123. The van der Waals surface area contributed by atoms with Crippen molar-refractivity contribution in [3.8, 4) is 11.5 Å². The molecule has 2 saturated carbocycles. The zero-order valence-corrected chi connectivity index (χ0v) is 13.4. The molecule has 23 heavy (non-hydrogen) atoms. The van der Waals surface area contributed by atoms with Crippen LogP contribution in [0.4, 0.5) is 0 Å². The van der Waals surface area contributed by atoms with Crippen LogP contribution in [0, 0.1) is 17.8 Å². The fourth-order valence-electron chi connectivity index (χ4n) is 3.70. The van der Waals surface area contributed by atoms with Gasteiger partial charge in [0.1, 0.15) is 0 Å². The topological polar surface area (TPSA) is 68.0 Å². The summed E-state index contributed by atoms with van der Waals surface area (Å²) >= 11 is 5.86.